The van der Waals surface area contributed by atoms with E-state index in [-0.39, 0.29) is 5.91 Å². The van der Waals surface area contributed by atoms with Crippen molar-refractivity contribution in [1.82, 2.24) is 9.80 Å². The van der Waals surface area contributed by atoms with E-state index in [1.165, 1.54) is 11.1 Å². The first-order valence-electron chi connectivity index (χ1n) is 9.69. The van der Waals surface area contributed by atoms with E-state index in [2.05, 4.69) is 53.1 Å². The van der Waals surface area contributed by atoms with Gasteiger partial charge in [-0.05, 0) is 42.6 Å². The molecule has 1 fully saturated rings. The fraction of sp³-hybridized carbons (Fsp3) is 0.409. The smallest absolute Gasteiger partial charge is 0.245 e. The third kappa shape index (κ3) is 3.39. The number of nitrogens with zero attached hydrogens (tertiary/aromatic N) is 3. The zero-order valence-corrected chi connectivity index (χ0v) is 15.5. The van der Waals surface area contributed by atoms with E-state index in [1.807, 2.05) is 17.0 Å². The molecule has 0 bridgehead atoms. The number of para-hydroxylation sites is 2. The highest BCUT2D eigenvalue weighted by Crippen LogP contribution is 2.36. The summed E-state index contributed by atoms with van der Waals surface area (Å²) in [6.07, 6.45) is 1.96. The van der Waals surface area contributed by atoms with E-state index < -0.39 is 0 Å². The minimum Gasteiger partial charge on any atom is -0.301 e. The highest BCUT2D eigenvalue weighted by atomic mass is 16.2. The summed E-state index contributed by atoms with van der Waals surface area (Å²) in [6.45, 7) is 7.82. The van der Waals surface area contributed by atoms with Crippen molar-refractivity contribution in [2.75, 3.05) is 44.2 Å². The Bertz CT molecular complexity index is 733. The molecule has 0 N–H and O–H groups in total. The van der Waals surface area contributed by atoms with E-state index in [0.29, 0.717) is 6.54 Å². The van der Waals surface area contributed by atoms with Crippen molar-refractivity contribution in [2.45, 2.75) is 19.8 Å². The van der Waals surface area contributed by atoms with Crippen LogP contribution in [0.25, 0.3) is 0 Å². The predicted octanol–water partition coefficient (Wildman–Crippen LogP) is 3.09. The lowest BCUT2D eigenvalue weighted by atomic mass is 10.0. The molecular weight excluding hydrogens is 322 g/mol. The first kappa shape index (κ1) is 17.3. The molecule has 1 amide bonds. The number of amides is 1. The number of hydrogen-bond donors (Lipinski definition) is 0. The Morgan fingerprint density at radius 2 is 1.31 bits per heavy atom. The molecule has 1 saturated heterocycles. The number of carbonyl (C=O) groups is 1. The van der Waals surface area contributed by atoms with Gasteiger partial charge in [0, 0.05) is 26.2 Å². The van der Waals surface area contributed by atoms with Crippen LogP contribution in [0.5, 0.6) is 0 Å². The number of carbonyl (C=O) groups excluding carboxylic acids is 1. The Labute approximate surface area is 156 Å². The second-order valence-corrected chi connectivity index (χ2v) is 7.20. The Hall–Kier alpha value is -2.17. The Morgan fingerprint density at radius 1 is 0.808 bits per heavy atom. The molecule has 136 valence electrons. The molecule has 0 spiro atoms. The summed E-state index contributed by atoms with van der Waals surface area (Å²) in [5, 5.41) is 0. The van der Waals surface area contributed by atoms with Gasteiger partial charge >= 0.3 is 0 Å². The monoisotopic (exact) mass is 349 g/mol. The maximum absolute atomic E-state index is 13.4. The number of benzene rings is 2. The van der Waals surface area contributed by atoms with Crippen LogP contribution < -0.4 is 4.90 Å². The lowest BCUT2D eigenvalue weighted by Gasteiger charge is -2.35. The summed E-state index contributed by atoms with van der Waals surface area (Å²) < 4.78 is 0. The molecule has 2 aromatic carbocycles. The van der Waals surface area contributed by atoms with Crippen LogP contribution in [-0.2, 0) is 17.6 Å². The number of likely N-dealkylation sites (N-methyl/N-ethyl adjacent to an activating group) is 1. The standard InChI is InChI=1S/C22H27N3O/c1-2-23-13-15-24(16-14-23)17-22(26)25-20-9-5-3-7-18(20)11-12-19-8-4-6-10-21(19)25/h3-10H,2,11-17H2,1H3. The van der Waals surface area contributed by atoms with Gasteiger partial charge in [-0.1, -0.05) is 43.3 Å². The topological polar surface area (TPSA) is 26.8 Å². The number of anilines is 2. The molecular formula is C22H27N3O. The molecule has 0 atom stereocenters. The van der Waals surface area contributed by atoms with Gasteiger partial charge in [0.1, 0.15) is 0 Å². The van der Waals surface area contributed by atoms with Gasteiger partial charge in [0.05, 0.1) is 17.9 Å². The molecule has 0 aromatic heterocycles. The molecule has 0 radical (unpaired) electrons. The van der Waals surface area contributed by atoms with Gasteiger partial charge in [-0.2, -0.15) is 0 Å². The van der Waals surface area contributed by atoms with Crippen LogP contribution >= 0.6 is 0 Å². The number of hydrogen-bond acceptors (Lipinski definition) is 3. The van der Waals surface area contributed by atoms with Crippen LogP contribution in [0, 0.1) is 0 Å². The average Bonchev–Trinajstić information content (AvgIpc) is 2.85. The number of fused-ring (bicyclic) bond motifs is 2. The van der Waals surface area contributed by atoms with Crippen LogP contribution in [0.2, 0.25) is 0 Å². The van der Waals surface area contributed by atoms with Gasteiger partial charge in [0.2, 0.25) is 5.91 Å². The van der Waals surface area contributed by atoms with Crippen molar-refractivity contribution in [3.05, 3.63) is 59.7 Å². The zero-order valence-electron chi connectivity index (χ0n) is 15.5. The molecule has 26 heavy (non-hydrogen) atoms. The normalized spacial score (nSPS) is 18.1. The summed E-state index contributed by atoms with van der Waals surface area (Å²) >= 11 is 0. The van der Waals surface area contributed by atoms with Crippen molar-refractivity contribution in [1.29, 1.82) is 0 Å². The third-order valence-corrected chi connectivity index (χ3v) is 5.65. The van der Waals surface area contributed by atoms with E-state index in [9.17, 15) is 4.79 Å². The predicted molar refractivity (Wildman–Crippen MR) is 106 cm³/mol. The summed E-state index contributed by atoms with van der Waals surface area (Å²) in [5.41, 5.74) is 4.62. The minimum absolute atomic E-state index is 0.178. The zero-order chi connectivity index (χ0) is 17.9. The van der Waals surface area contributed by atoms with E-state index in [4.69, 9.17) is 0 Å². The number of piperazine rings is 1. The highest BCUT2D eigenvalue weighted by molar-refractivity contribution is 6.03. The van der Waals surface area contributed by atoms with Crippen molar-refractivity contribution in [2.24, 2.45) is 0 Å². The highest BCUT2D eigenvalue weighted by Gasteiger charge is 2.27. The van der Waals surface area contributed by atoms with Gasteiger partial charge in [-0.3, -0.25) is 14.6 Å². The Morgan fingerprint density at radius 3 is 1.85 bits per heavy atom. The summed E-state index contributed by atoms with van der Waals surface area (Å²) in [5.74, 6) is 0.178. The summed E-state index contributed by atoms with van der Waals surface area (Å²) in [6, 6.07) is 16.7. The molecule has 4 rings (SSSR count). The van der Waals surface area contributed by atoms with Gasteiger partial charge in [0.25, 0.3) is 0 Å². The third-order valence-electron chi connectivity index (χ3n) is 5.65. The largest absolute Gasteiger partial charge is 0.301 e. The van der Waals surface area contributed by atoms with Crippen molar-refractivity contribution in [3.63, 3.8) is 0 Å². The fourth-order valence-electron chi connectivity index (χ4n) is 4.07. The minimum atomic E-state index is 0.178. The van der Waals surface area contributed by atoms with E-state index >= 15 is 0 Å². The van der Waals surface area contributed by atoms with Gasteiger partial charge in [-0.25, -0.2) is 0 Å². The van der Waals surface area contributed by atoms with Crippen LogP contribution in [0.1, 0.15) is 18.1 Å². The maximum Gasteiger partial charge on any atom is 0.245 e. The lowest BCUT2D eigenvalue weighted by molar-refractivity contribution is -0.119. The summed E-state index contributed by atoms with van der Waals surface area (Å²) in [4.78, 5) is 20.1. The van der Waals surface area contributed by atoms with E-state index in [1.54, 1.807) is 0 Å². The quantitative estimate of drug-likeness (QED) is 0.852. The van der Waals surface area contributed by atoms with E-state index in [0.717, 1.165) is 56.9 Å². The Kier molecular flexibility index (Phi) is 5.05. The molecule has 2 aliphatic rings. The molecule has 0 unspecified atom stereocenters. The molecule has 2 heterocycles. The fourth-order valence-corrected chi connectivity index (χ4v) is 4.07. The first-order valence-corrected chi connectivity index (χ1v) is 9.69. The van der Waals surface area contributed by atoms with Crippen molar-refractivity contribution >= 4 is 17.3 Å². The number of rotatable bonds is 3. The van der Waals surface area contributed by atoms with Crippen LogP contribution in [0.15, 0.2) is 48.5 Å². The SMILES string of the molecule is CCN1CCN(CC(=O)N2c3ccccc3CCc3ccccc32)CC1. The molecule has 4 nitrogen and oxygen atoms in total. The molecule has 2 aromatic rings. The maximum atomic E-state index is 13.4. The van der Waals surface area contributed by atoms with Crippen LogP contribution in [0.4, 0.5) is 11.4 Å². The average molecular weight is 349 g/mol. The molecule has 0 aliphatic carbocycles. The summed E-state index contributed by atoms with van der Waals surface area (Å²) in [7, 11) is 0. The van der Waals surface area contributed by atoms with Crippen molar-refractivity contribution in [3.8, 4) is 0 Å². The van der Waals surface area contributed by atoms with Gasteiger partial charge < -0.3 is 4.90 Å². The molecule has 0 saturated carbocycles. The van der Waals surface area contributed by atoms with Crippen LogP contribution in [-0.4, -0.2) is 55.0 Å². The lowest BCUT2D eigenvalue weighted by Crippen LogP contribution is -2.49. The number of aryl methyl sites for hydroxylation is 2. The second-order valence-electron chi connectivity index (χ2n) is 7.20. The Balaban J connectivity index is 1.61. The van der Waals surface area contributed by atoms with Crippen molar-refractivity contribution < 1.29 is 4.79 Å². The first-order chi connectivity index (χ1) is 12.8. The molecule has 4 heteroatoms. The van der Waals surface area contributed by atoms with Gasteiger partial charge in [-0.15, -0.1) is 0 Å². The second kappa shape index (κ2) is 7.60. The molecule has 2 aliphatic heterocycles. The van der Waals surface area contributed by atoms with Gasteiger partial charge in [0.15, 0.2) is 0 Å². The van der Waals surface area contributed by atoms with Crippen LogP contribution in [0.3, 0.4) is 0 Å².